The predicted molar refractivity (Wildman–Crippen MR) is 119 cm³/mol. The summed E-state index contributed by atoms with van der Waals surface area (Å²) >= 11 is 5.95. The van der Waals surface area contributed by atoms with Crippen LogP contribution in [0.2, 0.25) is 5.02 Å². The van der Waals surface area contributed by atoms with Gasteiger partial charge in [0, 0.05) is 30.0 Å². The predicted octanol–water partition coefficient (Wildman–Crippen LogP) is 2.40. The molecule has 32 heavy (non-hydrogen) atoms. The number of morpholine rings is 1. The summed E-state index contributed by atoms with van der Waals surface area (Å²) in [5, 5.41) is 3.30. The van der Waals surface area contributed by atoms with E-state index in [1.165, 1.54) is 0 Å². The van der Waals surface area contributed by atoms with Crippen molar-refractivity contribution in [3.05, 3.63) is 52.4 Å². The molecule has 0 spiro atoms. The van der Waals surface area contributed by atoms with Crippen LogP contribution in [0.1, 0.15) is 46.6 Å². The van der Waals surface area contributed by atoms with Gasteiger partial charge in [0.1, 0.15) is 24.1 Å². The molecule has 0 radical (unpaired) electrons. The Labute approximate surface area is 189 Å². The maximum Gasteiger partial charge on any atom is 0.255 e. The third-order valence-electron chi connectivity index (χ3n) is 6.11. The lowest BCUT2D eigenvalue weighted by Crippen LogP contribution is -2.39. The summed E-state index contributed by atoms with van der Waals surface area (Å²) in [7, 11) is 0. The average Bonchev–Trinajstić information content (AvgIpc) is 3.24. The first-order valence-corrected chi connectivity index (χ1v) is 10.9. The minimum Gasteiger partial charge on any atom is -0.398 e. The van der Waals surface area contributed by atoms with Crippen molar-refractivity contribution in [3.8, 4) is 0 Å². The van der Waals surface area contributed by atoms with Gasteiger partial charge in [0.2, 0.25) is 5.91 Å². The molecule has 10 heteroatoms. The highest BCUT2D eigenvalue weighted by atomic mass is 35.5. The fraction of sp³-hybridized carbons (Fsp3) is 0.364. The molecular weight excluding hydrogens is 432 g/mol. The van der Waals surface area contributed by atoms with Crippen molar-refractivity contribution in [2.24, 2.45) is 0 Å². The highest BCUT2D eigenvalue weighted by Gasteiger charge is 2.29. The van der Waals surface area contributed by atoms with E-state index in [4.69, 9.17) is 27.1 Å². The zero-order valence-corrected chi connectivity index (χ0v) is 18.1. The summed E-state index contributed by atoms with van der Waals surface area (Å²) in [6.07, 6.45) is 3.08. The number of nitrogen functional groups attached to an aromatic ring is 1. The SMILES string of the molecule is Nc1cc(Cl)ccc1C(=O)N1CCC(c2ccnc3[nH]c(C4CNC(=O)CO4)nc23)CC1. The highest BCUT2D eigenvalue weighted by Crippen LogP contribution is 2.33. The Bertz CT molecular complexity index is 1180. The number of nitrogens with one attached hydrogen (secondary N) is 2. The Morgan fingerprint density at radius 2 is 2.06 bits per heavy atom. The van der Waals surface area contributed by atoms with Gasteiger partial charge in [-0.15, -0.1) is 0 Å². The summed E-state index contributed by atoms with van der Waals surface area (Å²) in [5.41, 5.74) is 9.49. The van der Waals surface area contributed by atoms with Gasteiger partial charge in [0.15, 0.2) is 5.65 Å². The third kappa shape index (κ3) is 3.89. The number of benzene rings is 1. The molecule has 2 aromatic heterocycles. The fourth-order valence-electron chi connectivity index (χ4n) is 4.39. The lowest BCUT2D eigenvalue weighted by molar-refractivity contribution is -0.133. The number of ether oxygens (including phenoxy) is 1. The van der Waals surface area contributed by atoms with Crippen LogP contribution in [0.4, 0.5) is 5.69 Å². The van der Waals surface area contributed by atoms with Crippen LogP contribution in [-0.2, 0) is 9.53 Å². The van der Waals surface area contributed by atoms with E-state index in [0.717, 1.165) is 23.9 Å². The van der Waals surface area contributed by atoms with Gasteiger partial charge in [-0.25, -0.2) is 9.97 Å². The van der Waals surface area contributed by atoms with E-state index in [1.807, 2.05) is 11.0 Å². The van der Waals surface area contributed by atoms with Crippen molar-refractivity contribution < 1.29 is 14.3 Å². The number of hydrogen-bond acceptors (Lipinski definition) is 6. The molecule has 4 N–H and O–H groups in total. The summed E-state index contributed by atoms with van der Waals surface area (Å²) < 4.78 is 5.59. The summed E-state index contributed by atoms with van der Waals surface area (Å²) in [4.78, 5) is 38.5. The van der Waals surface area contributed by atoms with Gasteiger partial charge in [0.05, 0.1) is 12.1 Å². The van der Waals surface area contributed by atoms with Crippen LogP contribution in [0, 0.1) is 0 Å². The number of carbonyl (C=O) groups excluding carboxylic acids is 2. The van der Waals surface area contributed by atoms with Gasteiger partial charge < -0.3 is 25.7 Å². The first-order valence-electron chi connectivity index (χ1n) is 10.6. The van der Waals surface area contributed by atoms with E-state index >= 15 is 0 Å². The molecule has 4 heterocycles. The number of halogens is 1. The molecule has 5 rings (SSSR count). The highest BCUT2D eigenvalue weighted by molar-refractivity contribution is 6.31. The number of H-pyrrole nitrogens is 1. The number of likely N-dealkylation sites (tertiary alicyclic amines) is 1. The van der Waals surface area contributed by atoms with Crippen molar-refractivity contribution in [3.63, 3.8) is 0 Å². The van der Waals surface area contributed by atoms with Crippen LogP contribution in [0.3, 0.4) is 0 Å². The molecule has 3 aromatic rings. The summed E-state index contributed by atoms with van der Waals surface area (Å²) in [6, 6.07) is 6.96. The van der Waals surface area contributed by atoms with Gasteiger partial charge in [-0.2, -0.15) is 0 Å². The molecule has 2 aliphatic rings. The molecule has 0 saturated carbocycles. The number of piperidine rings is 1. The second-order valence-electron chi connectivity index (χ2n) is 8.12. The number of aromatic nitrogens is 3. The summed E-state index contributed by atoms with van der Waals surface area (Å²) in [5.74, 6) is 0.717. The number of aromatic amines is 1. The number of rotatable bonds is 3. The second kappa shape index (κ2) is 8.40. The standard InChI is InChI=1S/C22H23ClN6O3/c23-13-1-2-15(16(24)9-13)22(31)29-7-4-12(5-8-29)14-3-6-25-21-19(14)27-20(28-21)17-10-26-18(30)11-32-17/h1-3,6,9,12,17H,4-5,7-8,10-11,24H2,(H,26,30)(H,25,27,28). The minimum absolute atomic E-state index is 0.0205. The maximum absolute atomic E-state index is 12.9. The fourth-order valence-corrected chi connectivity index (χ4v) is 4.57. The number of nitrogens with two attached hydrogens (primary N) is 1. The molecule has 9 nitrogen and oxygen atoms in total. The van der Waals surface area contributed by atoms with Gasteiger partial charge in [-0.3, -0.25) is 9.59 Å². The monoisotopic (exact) mass is 454 g/mol. The average molecular weight is 455 g/mol. The Morgan fingerprint density at radius 3 is 2.78 bits per heavy atom. The van der Waals surface area contributed by atoms with Crippen LogP contribution in [0.5, 0.6) is 0 Å². The normalized spacial score (nSPS) is 19.8. The molecule has 0 bridgehead atoms. The zero-order valence-electron chi connectivity index (χ0n) is 17.3. The Hall–Kier alpha value is -3.17. The number of amides is 2. The van der Waals surface area contributed by atoms with E-state index in [9.17, 15) is 9.59 Å². The van der Waals surface area contributed by atoms with Gasteiger partial charge >= 0.3 is 0 Å². The van der Waals surface area contributed by atoms with Crippen LogP contribution in [-0.4, -0.2) is 57.9 Å². The number of imidazole rings is 1. The van der Waals surface area contributed by atoms with Gasteiger partial charge in [0.25, 0.3) is 5.91 Å². The van der Waals surface area contributed by atoms with Crippen LogP contribution in [0.15, 0.2) is 30.5 Å². The lowest BCUT2D eigenvalue weighted by Gasteiger charge is -2.32. The molecule has 2 fully saturated rings. The molecule has 0 aliphatic carbocycles. The number of hydrogen-bond donors (Lipinski definition) is 3. The first-order chi connectivity index (χ1) is 15.5. The molecular formula is C22H23ClN6O3. The molecule has 2 saturated heterocycles. The van der Waals surface area contributed by atoms with E-state index in [2.05, 4.69) is 15.3 Å². The number of pyridine rings is 1. The Balaban J connectivity index is 1.31. The smallest absolute Gasteiger partial charge is 0.255 e. The van der Waals surface area contributed by atoms with Crippen molar-refractivity contribution >= 4 is 40.3 Å². The number of anilines is 1. The minimum atomic E-state index is -0.320. The topological polar surface area (TPSA) is 126 Å². The van der Waals surface area contributed by atoms with Crippen LogP contribution in [0.25, 0.3) is 11.2 Å². The molecule has 166 valence electrons. The lowest BCUT2D eigenvalue weighted by atomic mass is 9.89. The quantitative estimate of drug-likeness (QED) is 0.521. The molecule has 1 atom stereocenters. The first kappa shape index (κ1) is 20.7. The van der Waals surface area contributed by atoms with Gasteiger partial charge in [-0.05, 0) is 48.6 Å². The Morgan fingerprint density at radius 1 is 1.25 bits per heavy atom. The molecule has 1 unspecified atom stereocenters. The van der Waals surface area contributed by atoms with Crippen LogP contribution >= 0.6 is 11.6 Å². The number of fused-ring (bicyclic) bond motifs is 1. The number of carbonyl (C=O) groups is 2. The summed E-state index contributed by atoms with van der Waals surface area (Å²) in [6.45, 7) is 1.66. The third-order valence-corrected chi connectivity index (χ3v) is 6.34. The number of nitrogens with zero attached hydrogens (tertiary/aromatic N) is 3. The molecule has 2 aliphatic heterocycles. The van der Waals surface area contributed by atoms with Crippen LogP contribution < -0.4 is 11.1 Å². The van der Waals surface area contributed by atoms with Crippen molar-refractivity contribution in [1.29, 1.82) is 0 Å². The molecule has 2 amide bonds. The van der Waals surface area contributed by atoms with E-state index in [0.29, 0.717) is 47.4 Å². The second-order valence-corrected chi connectivity index (χ2v) is 8.56. The zero-order chi connectivity index (χ0) is 22.2. The molecule has 1 aromatic carbocycles. The van der Waals surface area contributed by atoms with Crippen molar-refractivity contribution in [2.75, 3.05) is 32.0 Å². The van der Waals surface area contributed by atoms with E-state index in [1.54, 1.807) is 24.4 Å². The largest absolute Gasteiger partial charge is 0.398 e. The van der Waals surface area contributed by atoms with Crippen molar-refractivity contribution in [1.82, 2.24) is 25.2 Å². The van der Waals surface area contributed by atoms with E-state index in [-0.39, 0.29) is 30.4 Å². The van der Waals surface area contributed by atoms with E-state index < -0.39 is 0 Å². The van der Waals surface area contributed by atoms with Gasteiger partial charge in [-0.1, -0.05) is 11.6 Å². The maximum atomic E-state index is 12.9. The Kier molecular flexibility index (Phi) is 5.44. The van der Waals surface area contributed by atoms with Crippen molar-refractivity contribution in [2.45, 2.75) is 24.9 Å².